The minimum atomic E-state index is -6.12. The second-order valence-corrected chi connectivity index (χ2v) is 9.18. The summed E-state index contributed by atoms with van der Waals surface area (Å²) in [6, 6.07) is 7.75. The highest BCUT2D eigenvalue weighted by Crippen LogP contribution is 2.61. The molecule has 0 radical (unpaired) electrons. The van der Waals surface area contributed by atoms with Gasteiger partial charge in [-0.1, -0.05) is 18.2 Å². The zero-order valence-corrected chi connectivity index (χ0v) is 20.6. The number of hydrogen-bond donors (Lipinski definition) is 8. The van der Waals surface area contributed by atoms with Crippen molar-refractivity contribution in [3.8, 4) is 45.3 Å². The highest BCUT2D eigenvalue weighted by molar-refractivity contribution is 5.93. The summed E-state index contributed by atoms with van der Waals surface area (Å²) < 4.78 is 90.9. The van der Waals surface area contributed by atoms with Gasteiger partial charge in [-0.05, 0) is 64.7 Å². The first-order valence-electron chi connectivity index (χ1n) is 11.5. The van der Waals surface area contributed by atoms with Gasteiger partial charge in [0.1, 0.15) is 23.0 Å². The van der Waals surface area contributed by atoms with E-state index in [1.54, 1.807) is 0 Å². The summed E-state index contributed by atoms with van der Waals surface area (Å²) >= 11 is 0. The number of phenols is 4. The van der Waals surface area contributed by atoms with Crippen LogP contribution in [0.1, 0.15) is 11.1 Å². The number of aromatic hydroxyl groups is 4. The van der Waals surface area contributed by atoms with Gasteiger partial charge < -0.3 is 43.4 Å². The maximum Gasteiger partial charge on any atom is 0.411 e. The molecule has 0 heterocycles. The molecule has 216 valence electrons. The van der Waals surface area contributed by atoms with Gasteiger partial charge in [-0.15, -0.1) is 0 Å². The number of halogens is 6. The van der Waals surface area contributed by atoms with Crippen molar-refractivity contribution < 1.29 is 46.8 Å². The predicted molar refractivity (Wildman–Crippen MR) is 141 cm³/mol. The predicted octanol–water partition coefficient (Wildman–Crippen LogP) is 5.58. The Morgan fingerprint density at radius 3 is 1.44 bits per heavy atom. The lowest BCUT2D eigenvalue weighted by Crippen LogP contribution is -2.55. The Kier molecular flexibility index (Phi) is 6.69. The summed E-state index contributed by atoms with van der Waals surface area (Å²) in [6.07, 6.45) is -12.2. The van der Waals surface area contributed by atoms with Crippen LogP contribution in [0.5, 0.6) is 23.0 Å². The van der Waals surface area contributed by atoms with Crippen molar-refractivity contribution in [1.82, 2.24) is 0 Å². The molecular formula is C27H22F6N4O4. The van der Waals surface area contributed by atoms with Crippen molar-refractivity contribution in [3.63, 3.8) is 0 Å². The van der Waals surface area contributed by atoms with Gasteiger partial charge >= 0.3 is 12.4 Å². The van der Waals surface area contributed by atoms with Crippen LogP contribution in [0.4, 0.5) is 49.1 Å². The molecule has 0 atom stereocenters. The standard InChI is InChI=1S/C27H22F6N4O4/c28-26(29,30)25(27(31,32)33,13-3-6-21(40)18(36)9-13)15-10-14(11-1-4-19(38)16(34)7-11)24(41)23(37)22(15)12-2-5-20(39)17(35)8-12/h1-10,38-41H,34-37H2. The van der Waals surface area contributed by atoms with E-state index in [2.05, 4.69) is 0 Å². The average Bonchev–Trinajstić information content (AvgIpc) is 2.86. The summed E-state index contributed by atoms with van der Waals surface area (Å²) in [5.74, 6) is -2.61. The molecule has 0 aliphatic rings. The van der Waals surface area contributed by atoms with E-state index in [0.29, 0.717) is 24.3 Å². The van der Waals surface area contributed by atoms with Gasteiger partial charge in [0, 0.05) is 11.1 Å². The lowest BCUT2D eigenvalue weighted by atomic mass is 9.69. The van der Waals surface area contributed by atoms with Gasteiger partial charge in [0.05, 0.1) is 22.7 Å². The number of phenolic OH excluding ortho intramolecular Hbond substituents is 4. The van der Waals surface area contributed by atoms with Crippen molar-refractivity contribution in [3.05, 3.63) is 71.8 Å². The topological polar surface area (TPSA) is 185 Å². The molecule has 0 saturated heterocycles. The van der Waals surface area contributed by atoms with Gasteiger partial charge in [-0.3, -0.25) is 0 Å². The van der Waals surface area contributed by atoms with Gasteiger partial charge in [0.25, 0.3) is 0 Å². The minimum absolute atomic E-state index is 0.175. The molecule has 0 fully saturated rings. The quantitative estimate of drug-likeness (QED) is 0.0873. The summed E-state index contributed by atoms with van der Waals surface area (Å²) in [6.45, 7) is 0. The Labute approximate surface area is 227 Å². The molecular weight excluding hydrogens is 558 g/mol. The Morgan fingerprint density at radius 2 is 0.976 bits per heavy atom. The number of hydrogen-bond acceptors (Lipinski definition) is 8. The number of nitrogen functional groups attached to an aromatic ring is 4. The average molecular weight is 580 g/mol. The molecule has 0 spiro atoms. The maximum absolute atomic E-state index is 15.2. The van der Waals surface area contributed by atoms with E-state index >= 15 is 26.3 Å². The van der Waals surface area contributed by atoms with E-state index in [4.69, 9.17) is 22.9 Å². The zero-order valence-electron chi connectivity index (χ0n) is 20.6. The lowest BCUT2D eigenvalue weighted by Gasteiger charge is -2.40. The van der Waals surface area contributed by atoms with E-state index in [1.165, 1.54) is 0 Å². The number of nitrogens with two attached hydrogens (primary N) is 4. The van der Waals surface area contributed by atoms with E-state index in [0.717, 1.165) is 36.4 Å². The fourth-order valence-corrected chi connectivity index (χ4v) is 4.69. The lowest BCUT2D eigenvalue weighted by molar-refractivity contribution is -0.288. The fourth-order valence-electron chi connectivity index (χ4n) is 4.69. The smallest absolute Gasteiger partial charge is 0.411 e. The van der Waals surface area contributed by atoms with Crippen molar-refractivity contribution in [2.45, 2.75) is 17.8 Å². The normalized spacial score (nSPS) is 12.4. The monoisotopic (exact) mass is 580 g/mol. The third-order valence-electron chi connectivity index (χ3n) is 6.71. The Bertz CT molecular complexity index is 1660. The summed E-state index contributed by atoms with van der Waals surface area (Å²) in [5, 5.41) is 40.4. The first-order valence-corrected chi connectivity index (χ1v) is 11.5. The first kappa shape index (κ1) is 28.9. The Balaban J connectivity index is 2.30. The number of rotatable bonds is 4. The molecule has 4 rings (SSSR count). The Morgan fingerprint density at radius 1 is 0.537 bits per heavy atom. The molecule has 0 aliphatic carbocycles. The molecule has 12 N–H and O–H groups in total. The van der Waals surface area contributed by atoms with E-state index in [9.17, 15) is 20.4 Å². The van der Waals surface area contributed by atoms with Gasteiger partial charge in [0.2, 0.25) is 5.41 Å². The van der Waals surface area contributed by atoms with Crippen LogP contribution in [0.3, 0.4) is 0 Å². The molecule has 0 amide bonds. The molecule has 0 saturated carbocycles. The molecule has 0 aliphatic heterocycles. The summed E-state index contributed by atoms with van der Waals surface area (Å²) in [7, 11) is 0. The molecule has 8 nitrogen and oxygen atoms in total. The fraction of sp³-hybridized carbons (Fsp3) is 0.111. The first-order chi connectivity index (χ1) is 18.9. The number of benzene rings is 4. The second kappa shape index (κ2) is 9.50. The van der Waals surface area contributed by atoms with Gasteiger partial charge in [-0.25, -0.2) is 0 Å². The molecule has 0 bridgehead atoms. The molecule has 41 heavy (non-hydrogen) atoms. The molecule has 0 unspecified atom stereocenters. The van der Waals surface area contributed by atoms with Crippen molar-refractivity contribution in [2.75, 3.05) is 22.9 Å². The van der Waals surface area contributed by atoms with Crippen molar-refractivity contribution >= 4 is 22.7 Å². The van der Waals surface area contributed by atoms with E-state index < -0.39 is 85.6 Å². The van der Waals surface area contributed by atoms with Crippen LogP contribution in [0.15, 0.2) is 60.7 Å². The second-order valence-electron chi connectivity index (χ2n) is 9.18. The highest BCUT2D eigenvalue weighted by atomic mass is 19.4. The molecule has 4 aromatic rings. The number of alkyl halides is 6. The van der Waals surface area contributed by atoms with Crippen LogP contribution in [0.2, 0.25) is 0 Å². The SMILES string of the molecule is Nc1cc(-c2cc(C(c3ccc(O)c(N)c3)(C(F)(F)F)C(F)(F)F)c(-c3ccc(O)c(N)c3)c(N)c2O)ccc1O. The van der Waals surface area contributed by atoms with E-state index in [-0.39, 0.29) is 11.3 Å². The molecule has 4 aromatic carbocycles. The van der Waals surface area contributed by atoms with Crippen LogP contribution in [0.25, 0.3) is 22.3 Å². The van der Waals surface area contributed by atoms with Crippen LogP contribution in [0, 0.1) is 0 Å². The minimum Gasteiger partial charge on any atom is -0.506 e. The maximum atomic E-state index is 15.2. The third-order valence-corrected chi connectivity index (χ3v) is 6.71. The third kappa shape index (κ3) is 4.46. The molecule has 14 heteroatoms. The van der Waals surface area contributed by atoms with E-state index in [1.807, 2.05) is 0 Å². The van der Waals surface area contributed by atoms with Crippen LogP contribution < -0.4 is 22.9 Å². The molecule has 0 aromatic heterocycles. The van der Waals surface area contributed by atoms with Gasteiger partial charge in [-0.2, -0.15) is 26.3 Å². The largest absolute Gasteiger partial charge is 0.506 e. The van der Waals surface area contributed by atoms with Crippen LogP contribution in [-0.4, -0.2) is 32.8 Å². The highest BCUT2D eigenvalue weighted by Gasteiger charge is 2.73. The summed E-state index contributed by atoms with van der Waals surface area (Å²) in [5.41, 5.74) is 10.9. The zero-order chi connectivity index (χ0) is 30.7. The summed E-state index contributed by atoms with van der Waals surface area (Å²) in [4.78, 5) is 0. The van der Waals surface area contributed by atoms with Crippen LogP contribution in [-0.2, 0) is 5.41 Å². The van der Waals surface area contributed by atoms with Crippen LogP contribution >= 0.6 is 0 Å². The van der Waals surface area contributed by atoms with Gasteiger partial charge in [0.15, 0.2) is 0 Å². The number of anilines is 4. The Hall–Kier alpha value is -5.14. The van der Waals surface area contributed by atoms with Crippen molar-refractivity contribution in [2.24, 2.45) is 0 Å². The van der Waals surface area contributed by atoms with Crippen molar-refractivity contribution in [1.29, 1.82) is 0 Å².